The van der Waals surface area contributed by atoms with Crippen molar-refractivity contribution in [2.45, 2.75) is 23.8 Å². The Hall–Kier alpha value is -0.690. The maximum Gasteiger partial charge on any atom is 0.243 e. The molecule has 1 saturated heterocycles. The van der Waals surface area contributed by atoms with E-state index in [1.165, 1.54) is 6.07 Å². The Balaban J connectivity index is 2.21. The van der Waals surface area contributed by atoms with Crippen LogP contribution in [0.15, 0.2) is 23.1 Å². The highest BCUT2D eigenvalue weighted by Crippen LogP contribution is 2.20. The largest absolute Gasteiger partial charge is 0.317 e. The zero-order valence-electron chi connectivity index (χ0n) is 9.62. The van der Waals surface area contributed by atoms with Gasteiger partial charge in [-0.15, -0.1) is 0 Å². The summed E-state index contributed by atoms with van der Waals surface area (Å²) in [5, 5.41) is 3.33. The molecule has 0 atom stereocenters. The second-order valence-corrected chi connectivity index (χ2v) is 6.34. The summed E-state index contributed by atoms with van der Waals surface area (Å²) in [4.78, 5) is -0.395. The highest BCUT2D eigenvalue weighted by atomic mass is 35.5. The molecule has 1 aliphatic rings. The predicted molar refractivity (Wildman–Crippen MR) is 67.6 cm³/mol. The molecule has 0 aromatic heterocycles. The molecule has 0 aliphatic carbocycles. The first-order valence-corrected chi connectivity index (χ1v) is 7.53. The van der Waals surface area contributed by atoms with Crippen LogP contribution < -0.4 is 10.0 Å². The number of hydrogen-bond donors (Lipinski definition) is 2. The van der Waals surface area contributed by atoms with E-state index in [-0.39, 0.29) is 11.1 Å². The number of rotatable bonds is 3. The van der Waals surface area contributed by atoms with Gasteiger partial charge in [0.05, 0.1) is 0 Å². The zero-order chi connectivity index (χ0) is 13.2. The third-order valence-electron chi connectivity index (χ3n) is 2.84. The average molecular weight is 293 g/mol. The van der Waals surface area contributed by atoms with E-state index >= 15 is 0 Å². The fraction of sp³-hybridized carbons (Fsp3) is 0.455. The lowest BCUT2D eigenvalue weighted by Crippen LogP contribution is -2.42. The molecule has 1 aromatic rings. The summed E-state index contributed by atoms with van der Waals surface area (Å²) in [6.45, 7) is 1.51. The lowest BCUT2D eigenvalue weighted by Gasteiger charge is -2.23. The summed E-state index contributed by atoms with van der Waals surface area (Å²) in [5.74, 6) is -0.791. The van der Waals surface area contributed by atoms with Gasteiger partial charge >= 0.3 is 0 Å². The van der Waals surface area contributed by atoms with Gasteiger partial charge in [0.15, 0.2) is 0 Å². The van der Waals surface area contributed by atoms with Crippen molar-refractivity contribution < 1.29 is 12.8 Å². The lowest BCUT2D eigenvalue weighted by atomic mass is 10.1. The highest BCUT2D eigenvalue weighted by Gasteiger charge is 2.24. The van der Waals surface area contributed by atoms with Crippen molar-refractivity contribution >= 4 is 21.6 Å². The fourth-order valence-corrected chi connectivity index (χ4v) is 3.55. The molecular weight excluding hydrogens is 279 g/mol. The molecule has 0 unspecified atom stereocenters. The third kappa shape index (κ3) is 3.20. The maximum atomic E-state index is 13.5. The smallest absolute Gasteiger partial charge is 0.243 e. The van der Waals surface area contributed by atoms with Gasteiger partial charge in [-0.2, -0.15) is 0 Å². The number of benzene rings is 1. The Kier molecular flexibility index (Phi) is 4.21. The van der Waals surface area contributed by atoms with Gasteiger partial charge in [0.2, 0.25) is 10.0 Å². The van der Waals surface area contributed by atoms with Crippen molar-refractivity contribution in [3.05, 3.63) is 29.0 Å². The first kappa shape index (κ1) is 13.7. The second-order valence-electron chi connectivity index (χ2n) is 4.22. The summed E-state index contributed by atoms with van der Waals surface area (Å²) in [7, 11) is -3.85. The van der Waals surface area contributed by atoms with Gasteiger partial charge in [-0.05, 0) is 44.1 Å². The van der Waals surface area contributed by atoms with Crippen LogP contribution in [0.5, 0.6) is 0 Å². The molecule has 1 heterocycles. The minimum Gasteiger partial charge on any atom is -0.317 e. The van der Waals surface area contributed by atoms with E-state index in [1.807, 2.05) is 0 Å². The van der Waals surface area contributed by atoms with Crippen LogP contribution in [0.3, 0.4) is 0 Å². The first-order valence-electron chi connectivity index (χ1n) is 5.67. The molecule has 0 radical (unpaired) electrons. The van der Waals surface area contributed by atoms with Gasteiger partial charge in [0.1, 0.15) is 10.7 Å². The Labute approximate surface area is 111 Å². The van der Waals surface area contributed by atoms with Crippen LogP contribution in [0, 0.1) is 5.82 Å². The summed E-state index contributed by atoms with van der Waals surface area (Å²) in [6.07, 6.45) is 1.39. The molecule has 0 spiro atoms. The molecule has 1 fully saturated rings. The van der Waals surface area contributed by atoms with Crippen LogP contribution >= 0.6 is 11.6 Å². The summed E-state index contributed by atoms with van der Waals surface area (Å²) in [6, 6.07) is 3.34. The minimum atomic E-state index is -3.85. The van der Waals surface area contributed by atoms with Crippen LogP contribution in [0.25, 0.3) is 0 Å². The van der Waals surface area contributed by atoms with Crippen molar-refractivity contribution in [1.82, 2.24) is 10.0 Å². The molecule has 2 N–H and O–H groups in total. The van der Waals surface area contributed by atoms with E-state index < -0.39 is 20.7 Å². The first-order chi connectivity index (χ1) is 8.49. The van der Waals surface area contributed by atoms with Gasteiger partial charge in [-0.3, -0.25) is 0 Å². The molecule has 1 aliphatic heterocycles. The number of piperidine rings is 1. The van der Waals surface area contributed by atoms with Crippen LogP contribution in [0.1, 0.15) is 12.8 Å². The van der Waals surface area contributed by atoms with Gasteiger partial charge in [0.25, 0.3) is 0 Å². The van der Waals surface area contributed by atoms with Crippen LogP contribution in [0.4, 0.5) is 4.39 Å². The predicted octanol–water partition coefficient (Wildman–Crippen LogP) is 1.51. The molecule has 4 nitrogen and oxygen atoms in total. The average Bonchev–Trinajstić information content (AvgIpc) is 2.33. The lowest BCUT2D eigenvalue weighted by molar-refractivity contribution is 0.426. The molecule has 100 valence electrons. The van der Waals surface area contributed by atoms with Gasteiger partial charge in [0, 0.05) is 11.1 Å². The maximum absolute atomic E-state index is 13.5. The van der Waals surface area contributed by atoms with Crippen molar-refractivity contribution in [2.24, 2.45) is 0 Å². The van der Waals surface area contributed by atoms with E-state index in [0.717, 1.165) is 25.2 Å². The molecule has 1 aromatic carbocycles. The summed E-state index contributed by atoms with van der Waals surface area (Å²) < 4.78 is 40.1. The fourth-order valence-electron chi connectivity index (χ4n) is 1.91. The molecule has 0 amide bonds. The number of nitrogens with one attached hydrogen (secondary N) is 2. The van der Waals surface area contributed by atoms with E-state index in [0.29, 0.717) is 12.8 Å². The Morgan fingerprint density at radius 3 is 2.67 bits per heavy atom. The van der Waals surface area contributed by atoms with Gasteiger partial charge < -0.3 is 5.32 Å². The highest BCUT2D eigenvalue weighted by molar-refractivity contribution is 7.89. The van der Waals surface area contributed by atoms with Crippen molar-refractivity contribution in [2.75, 3.05) is 13.1 Å². The number of halogens is 2. The standard InChI is InChI=1S/C11H14ClFN2O2S/c12-8-1-2-10(13)11(7-8)18(16,17)15-9-3-5-14-6-4-9/h1-2,7,9,14-15H,3-6H2. The topological polar surface area (TPSA) is 58.2 Å². The van der Waals surface area contributed by atoms with Crippen molar-refractivity contribution in [3.8, 4) is 0 Å². The molecule has 0 saturated carbocycles. The molecule has 2 rings (SSSR count). The SMILES string of the molecule is O=S(=O)(NC1CCNCC1)c1cc(Cl)ccc1F. The van der Waals surface area contributed by atoms with Crippen molar-refractivity contribution in [1.29, 1.82) is 0 Å². The van der Waals surface area contributed by atoms with E-state index in [1.54, 1.807) is 0 Å². The van der Waals surface area contributed by atoms with Crippen LogP contribution in [-0.4, -0.2) is 27.5 Å². The zero-order valence-corrected chi connectivity index (χ0v) is 11.2. The minimum absolute atomic E-state index is 0.158. The van der Waals surface area contributed by atoms with Crippen LogP contribution in [-0.2, 0) is 10.0 Å². The van der Waals surface area contributed by atoms with E-state index in [2.05, 4.69) is 10.0 Å². The van der Waals surface area contributed by atoms with E-state index in [4.69, 9.17) is 11.6 Å². The van der Waals surface area contributed by atoms with Gasteiger partial charge in [-0.25, -0.2) is 17.5 Å². The van der Waals surface area contributed by atoms with Crippen LogP contribution in [0.2, 0.25) is 5.02 Å². The van der Waals surface area contributed by atoms with Gasteiger partial charge in [-0.1, -0.05) is 11.6 Å². The summed E-state index contributed by atoms with van der Waals surface area (Å²) in [5.41, 5.74) is 0. The Morgan fingerprint density at radius 1 is 1.33 bits per heavy atom. The molecule has 0 bridgehead atoms. The molecule has 18 heavy (non-hydrogen) atoms. The quantitative estimate of drug-likeness (QED) is 0.888. The number of hydrogen-bond acceptors (Lipinski definition) is 3. The molecular formula is C11H14ClFN2O2S. The normalized spacial score (nSPS) is 17.9. The van der Waals surface area contributed by atoms with Crippen molar-refractivity contribution in [3.63, 3.8) is 0 Å². The Bertz CT molecular complexity index is 530. The molecule has 7 heteroatoms. The number of sulfonamides is 1. The Morgan fingerprint density at radius 2 is 2.00 bits per heavy atom. The third-order valence-corrected chi connectivity index (χ3v) is 4.61. The summed E-state index contributed by atoms with van der Waals surface area (Å²) >= 11 is 5.70. The van der Waals surface area contributed by atoms with E-state index in [9.17, 15) is 12.8 Å². The second kappa shape index (κ2) is 5.52. The monoisotopic (exact) mass is 292 g/mol.